The summed E-state index contributed by atoms with van der Waals surface area (Å²) in [5, 5.41) is 5.97. The first kappa shape index (κ1) is 13.7. The van der Waals surface area contributed by atoms with Crippen LogP contribution in [0.2, 0.25) is 5.02 Å². The van der Waals surface area contributed by atoms with Gasteiger partial charge in [0.2, 0.25) is 0 Å². The van der Waals surface area contributed by atoms with Crippen LogP contribution in [0.1, 0.15) is 10.5 Å². The standard InChI is InChI=1S/C15H10ClN3OS/c16-11-3-1-10(2-4-11)15-19-13(9-21-15)14(20)18-12-5-7-17-8-6-12/h1-9H,(H,17,18,20). The molecule has 0 bridgehead atoms. The van der Waals surface area contributed by atoms with E-state index in [1.807, 2.05) is 12.1 Å². The highest BCUT2D eigenvalue weighted by Crippen LogP contribution is 2.25. The smallest absolute Gasteiger partial charge is 0.275 e. The predicted octanol–water partition coefficient (Wildman–Crippen LogP) is 4.11. The number of benzene rings is 1. The molecule has 2 heterocycles. The molecule has 1 aromatic carbocycles. The molecule has 4 nitrogen and oxygen atoms in total. The fourth-order valence-corrected chi connectivity index (χ4v) is 2.67. The normalized spacial score (nSPS) is 10.3. The molecule has 21 heavy (non-hydrogen) atoms. The molecule has 0 aliphatic heterocycles. The van der Waals surface area contributed by atoms with Crippen LogP contribution in [0.25, 0.3) is 10.6 Å². The summed E-state index contributed by atoms with van der Waals surface area (Å²) in [4.78, 5) is 20.4. The molecule has 104 valence electrons. The van der Waals surface area contributed by atoms with Crippen molar-refractivity contribution in [3.63, 3.8) is 0 Å². The number of thiazole rings is 1. The Morgan fingerprint density at radius 3 is 2.52 bits per heavy atom. The maximum Gasteiger partial charge on any atom is 0.275 e. The van der Waals surface area contributed by atoms with E-state index in [0.29, 0.717) is 16.4 Å². The van der Waals surface area contributed by atoms with Crippen molar-refractivity contribution < 1.29 is 4.79 Å². The van der Waals surface area contributed by atoms with Gasteiger partial charge in [-0.05, 0) is 24.3 Å². The lowest BCUT2D eigenvalue weighted by Gasteiger charge is -2.01. The Labute approximate surface area is 130 Å². The molecule has 0 saturated heterocycles. The molecule has 0 radical (unpaired) electrons. The predicted molar refractivity (Wildman–Crippen MR) is 84.8 cm³/mol. The summed E-state index contributed by atoms with van der Waals surface area (Å²) < 4.78 is 0. The van der Waals surface area contributed by atoms with Gasteiger partial charge in [0.05, 0.1) is 0 Å². The number of carbonyl (C=O) groups is 1. The lowest BCUT2D eigenvalue weighted by atomic mass is 10.2. The van der Waals surface area contributed by atoms with E-state index >= 15 is 0 Å². The van der Waals surface area contributed by atoms with E-state index in [1.54, 1.807) is 42.0 Å². The molecule has 1 amide bonds. The van der Waals surface area contributed by atoms with E-state index in [0.717, 1.165) is 10.6 Å². The Morgan fingerprint density at radius 1 is 1.10 bits per heavy atom. The summed E-state index contributed by atoms with van der Waals surface area (Å²) in [7, 11) is 0. The Kier molecular flexibility index (Phi) is 3.94. The van der Waals surface area contributed by atoms with Crippen molar-refractivity contribution in [2.45, 2.75) is 0 Å². The third kappa shape index (κ3) is 3.26. The van der Waals surface area contributed by atoms with Crippen molar-refractivity contribution in [2.24, 2.45) is 0 Å². The Bertz CT molecular complexity index is 756. The number of aromatic nitrogens is 2. The van der Waals surface area contributed by atoms with Crippen molar-refractivity contribution in [3.8, 4) is 10.6 Å². The number of nitrogens with zero attached hydrogens (tertiary/aromatic N) is 2. The maximum atomic E-state index is 12.1. The van der Waals surface area contributed by atoms with Crippen LogP contribution < -0.4 is 5.32 Å². The minimum absolute atomic E-state index is 0.238. The van der Waals surface area contributed by atoms with Crippen LogP contribution in [0.4, 0.5) is 5.69 Å². The molecule has 0 unspecified atom stereocenters. The molecule has 0 saturated carbocycles. The van der Waals surface area contributed by atoms with Crippen molar-refractivity contribution in [3.05, 3.63) is 64.9 Å². The minimum atomic E-state index is -0.238. The van der Waals surface area contributed by atoms with E-state index in [-0.39, 0.29) is 5.91 Å². The van der Waals surface area contributed by atoms with E-state index < -0.39 is 0 Å². The summed E-state index contributed by atoms with van der Waals surface area (Å²) >= 11 is 7.28. The van der Waals surface area contributed by atoms with Crippen molar-refractivity contribution in [1.29, 1.82) is 0 Å². The molecule has 1 N–H and O–H groups in total. The van der Waals surface area contributed by atoms with Crippen molar-refractivity contribution >= 4 is 34.5 Å². The molecule has 0 aliphatic carbocycles. The van der Waals surface area contributed by atoms with Crippen LogP contribution in [-0.4, -0.2) is 15.9 Å². The number of pyridine rings is 1. The van der Waals surface area contributed by atoms with Crippen molar-refractivity contribution in [2.75, 3.05) is 5.32 Å². The van der Waals surface area contributed by atoms with E-state index in [9.17, 15) is 4.79 Å². The van der Waals surface area contributed by atoms with Crippen LogP contribution in [0, 0.1) is 0 Å². The highest BCUT2D eigenvalue weighted by atomic mass is 35.5. The number of amides is 1. The Morgan fingerprint density at radius 2 is 1.81 bits per heavy atom. The van der Waals surface area contributed by atoms with Crippen molar-refractivity contribution in [1.82, 2.24) is 9.97 Å². The van der Waals surface area contributed by atoms with Gasteiger partial charge in [0, 0.05) is 34.0 Å². The second-order valence-corrected chi connectivity index (χ2v) is 5.53. The third-order valence-corrected chi connectivity index (χ3v) is 3.91. The number of hydrogen-bond donors (Lipinski definition) is 1. The maximum absolute atomic E-state index is 12.1. The third-order valence-electron chi connectivity index (χ3n) is 2.77. The van der Waals surface area contributed by atoms with Gasteiger partial charge in [0.15, 0.2) is 0 Å². The molecule has 3 rings (SSSR count). The Balaban J connectivity index is 1.78. The number of hydrogen-bond acceptors (Lipinski definition) is 4. The summed E-state index contributed by atoms with van der Waals surface area (Å²) in [6, 6.07) is 10.8. The van der Waals surface area contributed by atoms with Crippen LogP contribution in [-0.2, 0) is 0 Å². The zero-order valence-electron chi connectivity index (χ0n) is 10.8. The minimum Gasteiger partial charge on any atom is -0.321 e. The van der Waals surface area contributed by atoms with Gasteiger partial charge in [0.1, 0.15) is 10.7 Å². The Hall–Kier alpha value is -2.24. The second kappa shape index (κ2) is 6.03. The number of carbonyl (C=O) groups excluding carboxylic acids is 1. The fraction of sp³-hybridized carbons (Fsp3) is 0. The van der Waals surface area contributed by atoms with Gasteiger partial charge in [-0.25, -0.2) is 4.98 Å². The number of nitrogens with one attached hydrogen (secondary N) is 1. The van der Waals surface area contributed by atoms with Crippen LogP contribution in [0.15, 0.2) is 54.2 Å². The molecule has 3 aromatic rings. The lowest BCUT2D eigenvalue weighted by Crippen LogP contribution is -2.12. The molecular formula is C15H10ClN3OS. The SMILES string of the molecule is O=C(Nc1ccncc1)c1csc(-c2ccc(Cl)cc2)n1. The number of halogens is 1. The summed E-state index contributed by atoms with van der Waals surface area (Å²) in [6.45, 7) is 0. The molecule has 2 aromatic heterocycles. The largest absolute Gasteiger partial charge is 0.321 e. The first-order valence-corrected chi connectivity index (χ1v) is 7.41. The fourth-order valence-electron chi connectivity index (χ4n) is 1.73. The quantitative estimate of drug-likeness (QED) is 0.791. The zero-order valence-corrected chi connectivity index (χ0v) is 12.4. The monoisotopic (exact) mass is 315 g/mol. The lowest BCUT2D eigenvalue weighted by molar-refractivity contribution is 0.102. The second-order valence-electron chi connectivity index (χ2n) is 4.23. The van der Waals surface area contributed by atoms with Gasteiger partial charge in [0.25, 0.3) is 5.91 Å². The molecule has 0 spiro atoms. The number of rotatable bonds is 3. The van der Waals surface area contributed by atoms with Gasteiger partial charge in [-0.15, -0.1) is 11.3 Å². The van der Waals surface area contributed by atoms with E-state index in [2.05, 4.69) is 15.3 Å². The van der Waals surface area contributed by atoms with Crippen LogP contribution in [0.5, 0.6) is 0 Å². The van der Waals surface area contributed by atoms with Gasteiger partial charge < -0.3 is 5.32 Å². The molecule has 0 fully saturated rings. The van der Waals surface area contributed by atoms with Crippen LogP contribution >= 0.6 is 22.9 Å². The summed E-state index contributed by atoms with van der Waals surface area (Å²) in [5.41, 5.74) is 2.02. The zero-order chi connectivity index (χ0) is 14.7. The average Bonchev–Trinajstić information content (AvgIpc) is 2.99. The van der Waals surface area contributed by atoms with Crippen LogP contribution in [0.3, 0.4) is 0 Å². The van der Waals surface area contributed by atoms with Gasteiger partial charge in [-0.2, -0.15) is 0 Å². The molecule has 6 heteroatoms. The first-order chi connectivity index (χ1) is 10.2. The van der Waals surface area contributed by atoms with E-state index in [1.165, 1.54) is 11.3 Å². The molecular weight excluding hydrogens is 306 g/mol. The van der Waals surface area contributed by atoms with Gasteiger partial charge in [-0.1, -0.05) is 23.7 Å². The van der Waals surface area contributed by atoms with E-state index in [4.69, 9.17) is 11.6 Å². The average molecular weight is 316 g/mol. The molecule has 0 aliphatic rings. The first-order valence-electron chi connectivity index (χ1n) is 6.15. The van der Waals surface area contributed by atoms with Gasteiger partial charge >= 0.3 is 0 Å². The highest BCUT2D eigenvalue weighted by Gasteiger charge is 2.12. The molecule has 0 atom stereocenters. The number of anilines is 1. The topological polar surface area (TPSA) is 54.9 Å². The summed E-state index contributed by atoms with van der Waals surface area (Å²) in [6.07, 6.45) is 3.24. The highest BCUT2D eigenvalue weighted by molar-refractivity contribution is 7.13. The summed E-state index contributed by atoms with van der Waals surface area (Å²) in [5.74, 6) is -0.238. The van der Waals surface area contributed by atoms with Gasteiger partial charge in [-0.3, -0.25) is 9.78 Å².